The molecular weight excluding hydrogens is 325 g/mol. The Labute approximate surface area is 134 Å². The molecule has 22 heavy (non-hydrogen) atoms. The van der Waals surface area contributed by atoms with Gasteiger partial charge in [0.25, 0.3) is 10.0 Å². The van der Waals surface area contributed by atoms with E-state index in [1.807, 2.05) is 6.92 Å². The van der Waals surface area contributed by atoms with Gasteiger partial charge in [-0.25, -0.2) is 12.8 Å². The summed E-state index contributed by atoms with van der Waals surface area (Å²) in [6, 6.07) is 12.0. The summed E-state index contributed by atoms with van der Waals surface area (Å²) in [5, 5.41) is 0.207. The molecule has 0 heterocycles. The van der Waals surface area contributed by atoms with E-state index in [4.69, 9.17) is 11.6 Å². The molecule has 0 fully saturated rings. The molecule has 0 aliphatic heterocycles. The number of nitrogens with zero attached hydrogens (tertiary/aromatic N) is 1. The lowest BCUT2D eigenvalue weighted by Gasteiger charge is -2.16. The third-order valence-corrected chi connectivity index (χ3v) is 5.16. The molecule has 0 aliphatic carbocycles. The van der Waals surface area contributed by atoms with Gasteiger partial charge in [0, 0.05) is 13.2 Å². The van der Waals surface area contributed by atoms with Crippen LogP contribution in [0.2, 0.25) is 0 Å². The van der Waals surface area contributed by atoms with Gasteiger partial charge in [0.15, 0.2) is 0 Å². The number of sulfonamides is 1. The number of hydrogen-bond donors (Lipinski definition) is 0. The zero-order valence-electron chi connectivity index (χ0n) is 12.1. The molecule has 0 saturated heterocycles. The molecule has 0 radical (unpaired) electrons. The molecule has 2 rings (SSSR count). The fourth-order valence-electron chi connectivity index (χ4n) is 1.79. The van der Waals surface area contributed by atoms with E-state index < -0.39 is 10.0 Å². The maximum atomic E-state index is 12.9. The summed E-state index contributed by atoms with van der Waals surface area (Å²) in [6.45, 7) is 1.88. The average Bonchev–Trinajstić information content (AvgIpc) is 2.48. The molecule has 0 amide bonds. The molecule has 0 N–H and O–H groups in total. The Balaban J connectivity index is 2.30. The summed E-state index contributed by atoms with van der Waals surface area (Å²) >= 11 is 6.10. The SMILES string of the molecule is Cc1ccc(S(=O)(=O)N(C)/C=C(/Cl)c2ccc(F)cc2)cc1. The molecule has 0 bridgehead atoms. The van der Waals surface area contributed by atoms with Crippen molar-refractivity contribution in [2.24, 2.45) is 0 Å². The van der Waals surface area contributed by atoms with Crippen molar-refractivity contribution in [1.29, 1.82) is 0 Å². The van der Waals surface area contributed by atoms with Gasteiger partial charge in [-0.15, -0.1) is 0 Å². The van der Waals surface area contributed by atoms with Gasteiger partial charge in [-0.2, -0.15) is 0 Å². The third-order valence-electron chi connectivity index (χ3n) is 3.11. The normalized spacial score (nSPS) is 12.3. The summed E-state index contributed by atoms with van der Waals surface area (Å²) in [6.07, 6.45) is 1.30. The molecule has 0 spiro atoms. The summed E-state index contributed by atoms with van der Waals surface area (Å²) in [5.41, 5.74) is 1.51. The smallest absolute Gasteiger partial charge is 0.263 e. The van der Waals surface area contributed by atoms with Gasteiger partial charge in [0.05, 0.1) is 9.93 Å². The topological polar surface area (TPSA) is 37.4 Å². The minimum absolute atomic E-state index is 0.181. The van der Waals surface area contributed by atoms with Crippen LogP contribution < -0.4 is 0 Å². The van der Waals surface area contributed by atoms with E-state index in [0.29, 0.717) is 5.56 Å². The summed E-state index contributed by atoms with van der Waals surface area (Å²) < 4.78 is 38.8. The second kappa shape index (κ2) is 6.50. The second-order valence-electron chi connectivity index (χ2n) is 4.82. The van der Waals surface area contributed by atoms with Crippen molar-refractivity contribution in [2.45, 2.75) is 11.8 Å². The maximum absolute atomic E-state index is 12.9. The second-order valence-corrected chi connectivity index (χ2v) is 7.22. The van der Waals surface area contributed by atoms with E-state index in [2.05, 4.69) is 0 Å². The van der Waals surface area contributed by atoms with Crippen LogP contribution in [0.4, 0.5) is 4.39 Å². The van der Waals surface area contributed by atoms with Gasteiger partial charge >= 0.3 is 0 Å². The molecule has 0 atom stereocenters. The van der Waals surface area contributed by atoms with Crippen LogP contribution in [-0.2, 0) is 10.0 Å². The van der Waals surface area contributed by atoms with Crippen LogP contribution in [0.5, 0.6) is 0 Å². The summed E-state index contributed by atoms with van der Waals surface area (Å²) in [7, 11) is -2.26. The molecule has 0 aromatic heterocycles. The fourth-order valence-corrected chi connectivity index (χ4v) is 3.18. The van der Waals surface area contributed by atoms with Crippen LogP contribution >= 0.6 is 11.6 Å². The highest BCUT2D eigenvalue weighted by Gasteiger charge is 2.18. The number of benzene rings is 2. The largest absolute Gasteiger partial charge is 0.275 e. The summed E-state index contributed by atoms with van der Waals surface area (Å²) in [5.74, 6) is -0.381. The van der Waals surface area contributed by atoms with Crippen LogP contribution in [0.25, 0.3) is 5.03 Å². The molecule has 6 heteroatoms. The zero-order chi connectivity index (χ0) is 16.3. The van der Waals surface area contributed by atoms with Crippen molar-refractivity contribution in [3.8, 4) is 0 Å². The van der Waals surface area contributed by atoms with E-state index in [9.17, 15) is 12.8 Å². The van der Waals surface area contributed by atoms with Crippen molar-refractivity contribution in [3.63, 3.8) is 0 Å². The van der Waals surface area contributed by atoms with Gasteiger partial charge in [-0.3, -0.25) is 4.31 Å². The van der Waals surface area contributed by atoms with Crippen LogP contribution in [0.3, 0.4) is 0 Å². The first-order chi connectivity index (χ1) is 10.3. The lowest BCUT2D eigenvalue weighted by atomic mass is 10.2. The molecule has 3 nitrogen and oxygen atoms in total. The predicted molar refractivity (Wildman–Crippen MR) is 86.4 cm³/mol. The Morgan fingerprint density at radius 1 is 1.09 bits per heavy atom. The maximum Gasteiger partial charge on any atom is 0.263 e. The van der Waals surface area contributed by atoms with Crippen LogP contribution in [0.15, 0.2) is 59.6 Å². The van der Waals surface area contributed by atoms with Gasteiger partial charge in [-0.05, 0) is 36.8 Å². The van der Waals surface area contributed by atoms with E-state index in [1.54, 1.807) is 24.3 Å². The monoisotopic (exact) mass is 339 g/mol. The third kappa shape index (κ3) is 3.67. The Hall–Kier alpha value is -1.85. The van der Waals surface area contributed by atoms with Gasteiger partial charge in [0.1, 0.15) is 5.82 Å². The van der Waals surface area contributed by atoms with Crippen molar-refractivity contribution < 1.29 is 12.8 Å². The lowest BCUT2D eigenvalue weighted by molar-refractivity contribution is 0.540. The van der Waals surface area contributed by atoms with E-state index in [-0.39, 0.29) is 15.7 Å². The molecule has 2 aromatic rings. The van der Waals surface area contributed by atoms with Gasteiger partial charge in [0.2, 0.25) is 0 Å². The first-order valence-corrected chi connectivity index (χ1v) is 8.30. The highest BCUT2D eigenvalue weighted by Crippen LogP contribution is 2.22. The molecule has 2 aromatic carbocycles. The molecule has 116 valence electrons. The van der Waals surface area contributed by atoms with Crippen molar-refractivity contribution in [2.75, 3.05) is 7.05 Å². The van der Waals surface area contributed by atoms with Crippen molar-refractivity contribution >= 4 is 26.7 Å². The minimum atomic E-state index is -3.67. The Morgan fingerprint density at radius 2 is 1.64 bits per heavy atom. The predicted octanol–water partition coefficient (Wildman–Crippen LogP) is 3.99. The minimum Gasteiger partial charge on any atom is -0.275 e. The Bertz CT molecular complexity index is 784. The average molecular weight is 340 g/mol. The fraction of sp³-hybridized carbons (Fsp3) is 0.125. The Morgan fingerprint density at radius 3 is 2.18 bits per heavy atom. The molecule has 0 aliphatic rings. The quantitative estimate of drug-likeness (QED) is 0.844. The first-order valence-electron chi connectivity index (χ1n) is 6.48. The van der Waals surface area contributed by atoms with E-state index in [0.717, 1.165) is 9.87 Å². The summed E-state index contributed by atoms with van der Waals surface area (Å²) in [4.78, 5) is 0.181. The highest BCUT2D eigenvalue weighted by atomic mass is 35.5. The van der Waals surface area contributed by atoms with Crippen LogP contribution in [-0.4, -0.2) is 19.8 Å². The standard InChI is InChI=1S/C16H15ClFNO2S/c1-12-3-9-15(10-4-12)22(20,21)19(2)11-16(17)13-5-7-14(18)8-6-13/h3-11H,1-2H3/b16-11+. The number of rotatable bonds is 4. The first kappa shape index (κ1) is 16.5. The molecule has 0 saturated carbocycles. The molecule has 0 unspecified atom stereocenters. The van der Waals surface area contributed by atoms with Gasteiger partial charge < -0.3 is 0 Å². The van der Waals surface area contributed by atoms with Crippen LogP contribution in [0, 0.1) is 12.7 Å². The number of halogens is 2. The highest BCUT2D eigenvalue weighted by molar-refractivity contribution is 7.89. The van der Waals surface area contributed by atoms with E-state index >= 15 is 0 Å². The van der Waals surface area contributed by atoms with E-state index in [1.165, 1.54) is 37.5 Å². The van der Waals surface area contributed by atoms with Gasteiger partial charge in [-0.1, -0.05) is 41.4 Å². The van der Waals surface area contributed by atoms with Crippen LogP contribution in [0.1, 0.15) is 11.1 Å². The molecular formula is C16H15ClFNO2S. The Kier molecular flexibility index (Phi) is 4.88. The zero-order valence-corrected chi connectivity index (χ0v) is 13.7. The van der Waals surface area contributed by atoms with Crippen molar-refractivity contribution in [3.05, 3.63) is 71.7 Å². The number of hydrogen-bond acceptors (Lipinski definition) is 2. The van der Waals surface area contributed by atoms with Crippen molar-refractivity contribution in [1.82, 2.24) is 4.31 Å². The lowest BCUT2D eigenvalue weighted by Crippen LogP contribution is -2.21. The number of aryl methyl sites for hydroxylation is 1.